The number of halogens is 1. The molecule has 8 heteroatoms. The number of hydrogen-bond donors (Lipinski definition) is 2. The Balaban J connectivity index is 0.00000420. The predicted molar refractivity (Wildman–Crippen MR) is 130 cm³/mol. The largest absolute Gasteiger partial charge is 0.379 e. The Hall–Kier alpha value is -0.610. The van der Waals surface area contributed by atoms with Gasteiger partial charge in [-0.15, -0.1) is 24.0 Å². The minimum absolute atomic E-state index is 0. The van der Waals surface area contributed by atoms with Crippen LogP contribution in [0.15, 0.2) is 4.99 Å². The van der Waals surface area contributed by atoms with Gasteiger partial charge in [-0.3, -0.25) is 9.69 Å². The number of guanidine groups is 1. The minimum Gasteiger partial charge on any atom is -0.379 e. The van der Waals surface area contributed by atoms with E-state index in [9.17, 15) is 4.79 Å². The molecule has 2 aliphatic rings. The lowest BCUT2D eigenvalue weighted by Crippen LogP contribution is -2.54. The van der Waals surface area contributed by atoms with Gasteiger partial charge in [-0.05, 0) is 18.8 Å². The summed E-state index contributed by atoms with van der Waals surface area (Å²) in [5.41, 5.74) is 0. The fourth-order valence-corrected chi connectivity index (χ4v) is 4.24. The second kappa shape index (κ2) is 14.4. The van der Waals surface area contributed by atoms with Crippen LogP contribution in [0, 0.1) is 5.92 Å². The molecule has 2 rings (SSSR count). The average molecular weight is 524 g/mol. The third-order valence-corrected chi connectivity index (χ3v) is 6.15. The highest BCUT2D eigenvalue weighted by Crippen LogP contribution is 2.20. The first-order chi connectivity index (χ1) is 13.5. The Bertz CT molecular complexity index is 487. The van der Waals surface area contributed by atoms with Crippen molar-refractivity contribution in [2.45, 2.75) is 64.5 Å². The van der Waals surface area contributed by atoms with Crippen LogP contribution in [0.2, 0.25) is 0 Å². The standard InChI is InChI=1S/C21H41N5O2.HI/c1-5-17(6-2)19(26-11-13-28-14-12-26)15-22-21(23-16-20(27)25(3)4)24-18-9-7-8-10-18;/h17-19H,5-16H2,1-4H3,(H2,22,23,24);1H. The zero-order valence-corrected chi connectivity index (χ0v) is 21.1. The molecule has 0 bridgehead atoms. The molecular formula is C21H42IN5O2. The summed E-state index contributed by atoms with van der Waals surface area (Å²) in [7, 11) is 3.55. The van der Waals surface area contributed by atoms with Crippen molar-refractivity contribution in [2.75, 3.05) is 53.5 Å². The monoisotopic (exact) mass is 523 g/mol. The molecular weight excluding hydrogens is 481 g/mol. The van der Waals surface area contributed by atoms with Crippen molar-refractivity contribution in [1.29, 1.82) is 0 Å². The van der Waals surface area contributed by atoms with Crippen molar-refractivity contribution < 1.29 is 9.53 Å². The molecule has 2 N–H and O–H groups in total. The van der Waals surface area contributed by atoms with Crippen molar-refractivity contribution in [3.05, 3.63) is 0 Å². The first kappa shape index (κ1) is 26.4. The van der Waals surface area contributed by atoms with E-state index in [1.54, 1.807) is 19.0 Å². The van der Waals surface area contributed by atoms with Crippen molar-refractivity contribution in [2.24, 2.45) is 10.9 Å². The summed E-state index contributed by atoms with van der Waals surface area (Å²) in [5, 5.41) is 7.14. The summed E-state index contributed by atoms with van der Waals surface area (Å²) in [4.78, 5) is 20.8. The van der Waals surface area contributed by atoms with Crippen molar-refractivity contribution in [3.63, 3.8) is 0 Å². The third kappa shape index (κ3) is 8.96. The molecule has 0 radical (unpaired) electrons. The van der Waals surface area contributed by atoms with Crippen molar-refractivity contribution in [1.82, 2.24) is 20.4 Å². The summed E-state index contributed by atoms with van der Waals surface area (Å²) in [6.07, 6.45) is 7.24. The van der Waals surface area contributed by atoms with Crippen LogP contribution in [0.3, 0.4) is 0 Å². The van der Waals surface area contributed by atoms with Gasteiger partial charge in [0.1, 0.15) is 6.54 Å². The number of carbonyl (C=O) groups is 1. The third-order valence-electron chi connectivity index (χ3n) is 6.15. The molecule has 1 atom stereocenters. The second-order valence-electron chi connectivity index (χ2n) is 8.25. The lowest BCUT2D eigenvalue weighted by molar-refractivity contribution is -0.127. The minimum atomic E-state index is 0. The van der Waals surface area contributed by atoms with Crippen molar-refractivity contribution in [3.8, 4) is 0 Å². The van der Waals surface area contributed by atoms with Crippen LogP contribution in [0.5, 0.6) is 0 Å². The Morgan fingerprint density at radius 2 is 1.79 bits per heavy atom. The Morgan fingerprint density at radius 3 is 2.34 bits per heavy atom. The number of hydrogen-bond acceptors (Lipinski definition) is 4. The molecule has 170 valence electrons. The molecule has 0 aromatic rings. The van der Waals surface area contributed by atoms with Crippen LogP contribution in [0.25, 0.3) is 0 Å². The topological polar surface area (TPSA) is 69.2 Å². The maximum absolute atomic E-state index is 12.0. The van der Waals surface area contributed by atoms with E-state index in [1.165, 1.54) is 38.5 Å². The number of rotatable bonds is 9. The highest BCUT2D eigenvalue weighted by atomic mass is 127. The summed E-state index contributed by atoms with van der Waals surface area (Å²) < 4.78 is 5.56. The van der Waals surface area contributed by atoms with E-state index in [0.717, 1.165) is 38.8 Å². The van der Waals surface area contributed by atoms with Crippen LogP contribution < -0.4 is 10.6 Å². The number of morpholine rings is 1. The van der Waals surface area contributed by atoms with Crippen LogP contribution >= 0.6 is 24.0 Å². The number of aliphatic imine (C=N–C) groups is 1. The highest BCUT2D eigenvalue weighted by molar-refractivity contribution is 14.0. The molecule has 0 spiro atoms. The smallest absolute Gasteiger partial charge is 0.243 e. The zero-order valence-electron chi connectivity index (χ0n) is 18.8. The van der Waals surface area contributed by atoms with Gasteiger partial charge in [0.25, 0.3) is 0 Å². The SMILES string of the molecule is CCC(CC)C(CNC(=NCC(=O)N(C)C)NC1CCCC1)N1CCOCC1.I. The van der Waals surface area contributed by atoms with Gasteiger partial charge in [0.05, 0.1) is 13.2 Å². The summed E-state index contributed by atoms with van der Waals surface area (Å²) in [6, 6.07) is 0.926. The molecule has 1 amide bonds. The van der Waals surface area contributed by atoms with Crippen LogP contribution in [0.4, 0.5) is 0 Å². The molecule has 2 fully saturated rings. The summed E-state index contributed by atoms with van der Waals surface area (Å²) in [6.45, 7) is 9.20. The lowest BCUT2D eigenvalue weighted by Gasteiger charge is -2.39. The average Bonchev–Trinajstić information content (AvgIpc) is 3.22. The van der Waals surface area contributed by atoms with Gasteiger partial charge >= 0.3 is 0 Å². The molecule has 1 saturated carbocycles. The van der Waals surface area contributed by atoms with Crippen molar-refractivity contribution >= 4 is 35.8 Å². The van der Waals surface area contributed by atoms with Gasteiger partial charge in [0, 0.05) is 45.8 Å². The highest BCUT2D eigenvalue weighted by Gasteiger charge is 2.27. The second-order valence-corrected chi connectivity index (χ2v) is 8.25. The molecule has 0 aromatic heterocycles. The molecule has 0 aromatic carbocycles. The van der Waals surface area contributed by atoms with Gasteiger partial charge in [-0.2, -0.15) is 0 Å². The molecule has 7 nitrogen and oxygen atoms in total. The summed E-state index contributed by atoms with van der Waals surface area (Å²) >= 11 is 0. The fraction of sp³-hybridized carbons (Fsp3) is 0.905. The van der Waals surface area contributed by atoms with Crippen LogP contribution in [-0.2, 0) is 9.53 Å². The molecule has 1 saturated heterocycles. The Morgan fingerprint density at radius 1 is 1.17 bits per heavy atom. The number of nitrogens with one attached hydrogen (secondary N) is 2. The molecule has 1 unspecified atom stereocenters. The van der Waals surface area contributed by atoms with E-state index < -0.39 is 0 Å². The lowest BCUT2D eigenvalue weighted by atomic mass is 9.92. The van der Waals surface area contributed by atoms with Crippen LogP contribution in [-0.4, -0.2) is 87.2 Å². The number of carbonyl (C=O) groups excluding carboxylic acids is 1. The Kier molecular flexibility index (Phi) is 13.1. The van der Waals surface area contributed by atoms with E-state index in [0.29, 0.717) is 18.0 Å². The van der Waals surface area contributed by atoms with Gasteiger partial charge in [0.15, 0.2) is 5.96 Å². The molecule has 1 aliphatic heterocycles. The van der Waals surface area contributed by atoms with E-state index in [1.807, 2.05) is 0 Å². The normalized spacial score (nSPS) is 19.7. The maximum atomic E-state index is 12.0. The van der Waals surface area contributed by atoms with Gasteiger partial charge in [0.2, 0.25) is 5.91 Å². The van der Waals surface area contributed by atoms with E-state index in [-0.39, 0.29) is 36.4 Å². The number of ether oxygens (including phenoxy) is 1. The molecule has 1 heterocycles. The predicted octanol–water partition coefficient (Wildman–Crippen LogP) is 2.31. The number of likely N-dealkylation sites (N-methyl/N-ethyl adjacent to an activating group) is 1. The number of amides is 1. The number of nitrogens with zero attached hydrogens (tertiary/aromatic N) is 3. The fourth-order valence-electron chi connectivity index (χ4n) is 4.24. The molecule has 29 heavy (non-hydrogen) atoms. The van der Waals surface area contributed by atoms with E-state index in [2.05, 4.69) is 34.4 Å². The zero-order chi connectivity index (χ0) is 20.4. The quantitative estimate of drug-likeness (QED) is 0.276. The summed E-state index contributed by atoms with van der Waals surface area (Å²) in [5.74, 6) is 1.45. The first-order valence-electron chi connectivity index (χ1n) is 11.1. The maximum Gasteiger partial charge on any atom is 0.243 e. The molecule has 1 aliphatic carbocycles. The van der Waals surface area contributed by atoms with E-state index >= 15 is 0 Å². The van der Waals surface area contributed by atoms with E-state index in [4.69, 9.17) is 4.74 Å². The first-order valence-corrected chi connectivity index (χ1v) is 11.1. The Labute approximate surface area is 194 Å². The van der Waals surface area contributed by atoms with Crippen LogP contribution in [0.1, 0.15) is 52.4 Å². The van der Waals surface area contributed by atoms with Gasteiger partial charge < -0.3 is 20.3 Å². The van der Waals surface area contributed by atoms with Gasteiger partial charge in [-0.25, -0.2) is 4.99 Å². The van der Waals surface area contributed by atoms with Gasteiger partial charge in [-0.1, -0.05) is 39.5 Å².